The molecule has 34 heavy (non-hydrogen) atoms. The van der Waals surface area contributed by atoms with E-state index in [0.717, 1.165) is 36.5 Å². The molecule has 0 spiro atoms. The van der Waals surface area contributed by atoms with Crippen molar-refractivity contribution in [2.75, 3.05) is 13.2 Å². The number of carbonyl (C=O) groups excluding carboxylic acids is 3. The van der Waals surface area contributed by atoms with Crippen LogP contribution in [-0.2, 0) is 28.6 Å². The van der Waals surface area contributed by atoms with Gasteiger partial charge in [-0.15, -0.1) is 0 Å². The van der Waals surface area contributed by atoms with E-state index >= 15 is 0 Å². The fourth-order valence-electron chi connectivity index (χ4n) is 7.31. The van der Waals surface area contributed by atoms with E-state index in [-0.39, 0.29) is 24.1 Å². The van der Waals surface area contributed by atoms with Gasteiger partial charge in [0.25, 0.3) is 0 Å². The Bertz CT molecular complexity index is 750. The van der Waals surface area contributed by atoms with Crippen molar-refractivity contribution in [3.8, 4) is 0 Å². The first kappa shape index (κ1) is 27.0. The maximum Gasteiger partial charge on any atom is 0.417 e. The highest BCUT2D eigenvalue weighted by Gasteiger charge is 2.52. The summed E-state index contributed by atoms with van der Waals surface area (Å²) in [7, 11) is 0. The molecule has 0 aromatic carbocycles. The first-order chi connectivity index (χ1) is 15.8. The SMILES string of the molecule is CC1C2CC(C(=O)OC(C)(C)C)C(C2)C1C.CCOC(=O)C(=O)OCC1CC2CC1C(C)C2C. The number of esters is 3. The summed E-state index contributed by atoms with van der Waals surface area (Å²) in [4.78, 5) is 34.6. The molecule has 4 saturated carbocycles. The summed E-state index contributed by atoms with van der Waals surface area (Å²) in [6.45, 7) is 17.3. The molecular weight excluding hydrogens is 432 g/mol. The molecule has 0 N–H and O–H groups in total. The molecule has 4 bridgehead atoms. The summed E-state index contributed by atoms with van der Waals surface area (Å²) < 4.78 is 15.2. The van der Waals surface area contributed by atoms with Crippen molar-refractivity contribution < 1.29 is 28.6 Å². The predicted octanol–water partition coefficient (Wildman–Crippen LogP) is 5.28. The molecular formula is C28H46O6. The van der Waals surface area contributed by atoms with Crippen LogP contribution in [0.4, 0.5) is 0 Å². The van der Waals surface area contributed by atoms with Gasteiger partial charge >= 0.3 is 17.9 Å². The smallest absolute Gasteiger partial charge is 0.417 e. The third-order valence-corrected chi connectivity index (χ3v) is 9.51. The number of carbonyl (C=O) groups is 3. The van der Waals surface area contributed by atoms with Crippen LogP contribution in [0.3, 0.4) is 0 Å². The average molecular weight is 479 g/mol. The Morgan fingerprint density at radius 2 is 1.26 bits per heavy atom. The lowest BCUT2D eigenvalue weighted by Gasteiger charge is -2.32. The van der Waals surface area contributed by atoms with Crippen LogP contribution in [-0.4, -0.2) is 36.7 Å². The minimum absolute atomic E-state index is 0.0405. The zero-order valence-electron chi connectivity index (χ0n) is 22.5. The van der Waals surface area contributed by atoms with Crippen LogP contribution in [0.2, 0.25) is 0 Å². The van der Waals surface area contributed by atoms with E-state index in [2.05, 4.69) is 32.4 Å². The average Bonchev–Trinajstić information content (AvgIpc) is 3.50. The minimum atomic E-state index is -0.873. The summed E-state index contributed by atoms with van der Waals surface area (Å²) in [5.41, 5.74) is -0.340. The minimum Gasteiger partial charge on any atom is -0.460 e. The Labute approximate surface area is 205 Å². The molecule has 194 valence electrons. The lowest BCUT2D eigenvalue weighted by Crippen LogP contribution is -2.35. The van der Waals surface area contributed by atoms with Crippen molar-refractivity contribution in [3.63, 3.8) is 0 Å². The van der Waals surface area contributed by atoms with Crippen molar-refractivity contribution in [3.05, 3.63) is 0 Å². The molecule has 0 amide bonds. The lowest BCUT2D eigenvalue weighted by atomic mass is 9.76. The molecule has 10 unspecified atom stereocenters. The molecule has 10 atom stereocenters. The summed E-state index contributed by atoms with van der Waals surface area (Å²) in [6.07, 6.45) is 4.69. The van der Waals surface area contributed by atoms with Crippen LogP contribution in [0.1, 0.15) is 81.1 Å². The Kier molecular flexibility index (Phi) is 8.40. The molecule has 0 aliphatic heterocycles. The van der Waals surface area contributed by atoms with Crippen LogP contribution in [0.5, 0.6) is 0 Å². The van der Waals surface area contributed by atoms with E-state index in [1.165, 1.54) is 12.8 Å². The lowest BCUT2D eigenvalue weighted by molar-refractivity contribution is -0.168. The Balaban J connectivity index is 0.000000192. The second-order valence-electron chi connectivity index (χ2n) is 12.4. The van der Waals surface area contributed by atoms with Gasteiger partial charge < -0.3 is 14.2 Å². The summed E-state index contributed by atoms with van der Waals surface area (Å²) in [5.74, 6) is 4.67. The zero-order chi connectivity index (χ0) is 25.4. The molecule has 0 heterocycles. The first-order valence-corrected chi connectivity index (χ1v) is 13.4. The number of rotatable bonds is 4. The van der Waals surface area contributed by atoms with Gasteiger partial charge in [-0.2, -0.15) is 0 Å². The molecule has 0 aromatic heterocycles. The molecule has 0 saturated heterocycles. The molecule has 4 aliphatic rings. The summed E-state index contributed by atoms with van der Waals surface area (Å²) >= 11 is 0. The van der Waals surface area contributed by atoms with Crippen LogP contribution in [0.25, 0.3) is 0 Å². The van der Waals surface area contributed by atoms with Gasteiger partial charge in [-0.1, -0.05) is 27.7 Å². The quantitative estimate of drug-likeness (QED) is 0.311. The van der Waals surface area contributed by atoms with E-state index < -0.39 is 11.9 Å². The number of hydrogen-bond donors (Lipinski definition) is 0. The van der Waals surface area contributed by atoms with Crippen LogP contribution in [0.15, 0.2) is 0 Å². The summed E-state index contributed by atoms with van der Waals surface area (Å²) in [5, 5.41) is 0. The van der Waals surface area contributed by atoms with Crippen LogP contribution >= 0.6 is 0 Å². The van der Waals surface area contributed by atoms with Crippen molar-refractivity contribution in [2.45, 2.75) is 86.7 Å². The van der Waals surface area contributed by atoms with Crippen molar-refractivity contribution >= 4 is 17.9 Å². The monoisotopic (exact) mass is 478 g/mol. The second-order valence-corrected chi connectivity index (χ2v) is 12.4. The zero-order valence-corrected chi connectivity index (χ0v) is 22.5. The van der Waals surface area contributed by atoms with Crippen LogP contribution < -0.4 is 0 Å². The fraction of sp³-hybridized carbons (Fsp3) is 0.893. The molecule has 0 radical (unpaired) electrons. The number of ether oxygens (including phenoxy) is 3. The van der Waals surface area contributed by atoms with Crippen LogP contribution in [0, 0.1) is 59.2 Å². The van der Waals surface area contributed by atoms with E-state index in [1.807, 2.05) is 20.8 Å². The highest BCUT2D eigenvalue weighted by Crippen LogP contribution is 2.56. The van der Waals surface area contributed by atoms with Crippen molar-refractivity contribution in [1.82, 2.24) is 0 Å². The van der Waals surface area contributed by atoms with Crippen molar-refractivity contribution in [1.29, 1.82) is 0 Å². The van der Waals surface area contributed by atoms with E-state index in [4.69, 9.17) is 9.47 Å². The predicted molar refractivity (Wildman–Crippen MR) is 130 cm³/mol. The molecule has 4 rings (SSSR count). The molecule has 4 aliphatic carbocycles. The van der Waals surface area contributed by atoms with E-state index in [0.29, 0.717) is 36.2 Å². The molecule has 6 nitrogen and oxygen atoms in total. The third-order valence-electron chi connectivity index (χ3n) is 9.51. The maximum absolute atomic E-state index is 12.1. The largest absolute Gasteiger partial charge is 0.460 e. The Hall–Kier alpha value is -1.59. The van der Waals surface area contributed by atoms with Gasteiger partial charge in [0.2, 0.25) is 0 Å². The Morgan fingerprint density at radius 1 is 0.735 bits per heavy atom. The summed E-state index contributed by atoms with van der Waals surface area (Å²) in [6, 6.07) is 0. The Morgan fingerprint density at radius 3 is 1.74 bits per heavy atom. The van der Waals surface area contributed by atoms with E-state index in [9.17, 15) is 14.4 Å². The number of fused-ring (bicyclic) bond motifs is 4. The molecule has 0 aromatic rings. The highest BCUT2D eigenvalue weighted by molar-refractivity contribution is 6.29. The van der Waals surface area contributed by atoms with Gasteiger partial charge in [0.05, 0.1) is 19.1 Å². The molecule has 4 fully saturated rings. The van der Waals surface area contributed by atoms with Gasteiger partial charge in [0, 0.05) is 0 Å². The first-order valence-electron chi connectivity index (χ1n) is 13.4. The topological polar surface area (TPSA) is 78.9 Å². The van der Waals surface area contributed by atoms with Crippen molar-refractivity contribution in [2.24, 2.45) is 59.2 Å². The van der Waals surface area contributed by atoms with Gasteiger partial charge in [-0.25, -0.2) is 9.59 Å². The maximum atomic E-state index is 12.1. The van der Waals surface area contributed by atoms with Gasteiger partial charge in [0.15, 0.2) is 0 Å². The number of hydrogen-bond acceptors (Lipinski definition) is 6. The van der Waals surface area contributed by atoms with Gasteiger partial charge in [0.1, 0.15) is 5.60 Å². The van der Waals surface area contributed by atoms with Gasteiger partial charge in [-0.3, -0.25) is 4.79 Å². The third kappa shape index (κ3) is 5.79. The van der Waals surface area contributed by atoms with Gasteiger partial charge in [-0.05, 0) is 107 Å². The molecule has 6 heteroatoms. The standard InChI is InChI=1S/C14H22O4.C14H24O2/c1-4-17-13(15)14(16)18-7-11-5-10-6-12(11)9(3)8(10)2;1-8-9(2)11-6-10(8)7-12(11)13(15)16-14(3,4)5/h8-12H,4-7H2,1-3H3;8-12H,6-7H2,1-5H3. The fourth-order valence-corrected chi connectivity index (χ4v) is 7.31. The normalized spacial score (nSPS) is 39.9. The highest BCUT2D eigenvalue weighted by atomic mass is 16.6. The van der Waals surface area contributed by atoms with E-state index in [1.54, 1.807) is 6.92 Å². The second kappa shape index (κ2) is 10.6.